The van der Waals surface area contributed by atoms with Crippen LogP contribution in [0.2, 0.25) is 5.02 Å². The minimum atomic E-state index is -4.47. The molecule has 3 heterocycles. The molecule has 232 valence electrons. The Hall–Kier alpha value is -4.63. The number of aromatic nitrogens is 5. The Kier molecular flexibility index (Phi) is 7.27. The molecule has 1 saturated carbocycles. The number of alkyl halides is 3. The zero-order chi connectivity index (χ0) is 32.3. The first-order chi connectivity index (χ1) is 21.2. The fourth-order valence-electron chi connectivity index (χ4n) is 5.24. The fraction of sp³-hybridized carbons (Fsp3) is 0.344. The summed E-state index contributed by atoms with van der Waals surface area (Å²) in [5.74, 6) is 0. The number of pyridine rings is 2. The van der Waals surface area contributed by atoms with Crippen LogP contribution in [0.15, 0.2) is 59.8 Å². The smallest absolute Gasteiger partial charge is 0.382 e. The Morgan fingerprint density at radius 1 is 1.16 bits per heavy atom. The van der Waals surface area contributed by atoms with Crippen LogP contribution in [-0.2, 0) is 12.6 Å². The molecule has 0 bridgehead atoms. The van der Waals surface area contributed by atoms with E-state index in [0.29, 0.717) is 27.7 Å². The molecule has 6 rings (SSSR count). The Morgan fingerprint density at radius 3 is 2.60 bits per heavy atom. The monoisotopic (exact) mass is 634 g/mol. The van der Waals surface area contributed by atoms with Crippen molar-refractivity contribution < 1.29 is 13.2 Å². The van der Waals surface area contributed by atoms with Gasteiger partial charge in [0, 0.05) is 42.4 Å². The number of hydrogen-bond donors (Lipinski definition) is 2. The predicted molar refractivity (Wildman–Crippen MR) is 167 cm³/mol. The van der Waals surface area contributed by atoms with E-state index in [4.69, 9.17) is 11.6 Å². The number of benzene rings is 2. The number of aryl methyl sites for hydroxylation is 1. The van der Waals surface area contributed by atoms with Crippen molar-refractivity contribution in [3.8, 4) is 6.07 Å². The van der Waals surface area contributed by atoms with Crippen molar-refractivity contribution in [1.29, 1.82) is 5.26 Å². The molecule has 1 atom stereocenters. The first kappa shape index (κ1) is 30.4. The Balaban J connectivity index is 1.49. The molecular weight excluding hydrogens is 605 g/mol. The first-order valence-electron chi connectivity index (χ1n) is 14.3. The van der Waals surface area contributed by atoms with Gasteiger partial charge in [0.25, 0.3) is 5.56 Å². The van der Waals surface area contributed by atoms with Gasteiger partial charge in [0.15, 0.2) is 0 Å². The van der Waals surface area contributed by atoms with E-state index in [1.54, 1.807) is 37.5 Å². The maximum atomic E-state index is 13.7. The van der Waals surface area contributed by atoms with Gasteiger partial charge in [0.1, 0.15) is 11.8 Å². The summed E-state index contributed by atoms with van der Waals surface area (Å²) >= 11 is 6.70. The molecule has 5 aromatic rings. The molecule has 1 fully saturated rings. The largest absolute Gasteiger partial charge is 0.395 e. The van der Waals surface area contributed by atoms with Crippen LogP contribution >= 0.6 is 11.6 Å². The summed E-state index contributed by atoms with van der Waals surface area (Å²) in [5.41, 5.74) is 0.135. The van der Waals surface area contributed by atoms with E-state index in [1.807, 2.05) is 29.1 Å². The molecule has 45 heavy (non-hydrogen) atoms. The molecule has 1 aliphatic carbocycles. The summed E-state index contributed by atoms with van der Waals surface area (Å²) in [5, 5.41) is 26.9. The van der Waals surface area contributed by atoms with Gasteiger partial charge < -0.3 is 15.2 Å². The summed E-state index contributed by atoms with van der Waals surface area (Å²) in [7, 11) is 1.69. The van der Waals surface area contributed by atoms with Crippen LogP contribution in [0, 0.1) is 16.7 Å². The van der Waals surface area contributed by atoms with Gasteiger partial charge in [-0.05, 0) is 68.8 Å². The van der Waals surface area contributed by atoms with E-state index in [0.717, 1.165) is 37.6 Å². The zero-order valence-corrected chi connectivity index (χ0v) is 25.8. The molecule has 2 N–H and O–H groups in total. The Labute approximate surface area is 261 Å². The third kappa shape index (κ3) is 5.46. The average molecular weight is 635 g/mol. The molecule has 9 nitrogen and oxygen atoms in total. The first-order valence-corrected chi connectivity index (χ1v) is 14.7. The molecule has 0 spiro atoms. The third-order valence-corrected chi connectivity index (χ3v) is 8.92. The molecule has 13 heteroatoms. The quantitative estimate of drug-likeness (QED) is 0.191. The van der Waals surface area contributed by atoms with E-state index >= 15 is 0 Å². The van der Waals surface area contributed by atoms with Crippen molar-refractivity contribution >= 4 is 44.7 Å². The van der Waals surface area contributed by atoms with E-state index < -0.39 is 24.2 Å². The SMILES string of the molecule is Cn1ccc2c([C@H](Nc3cc(Cl)c4ncc(C#N)c(NCC(C)(C)C(F)(F)F)c4c3)c3cn(C4(C)CC4)nn3)cccc2c1=O. The van der Waals surface area contributed by atoms with Crippen LogP contribution < -0.4 is 16.2 Å². The van der Waals surface area contributed by atoms with Crippen LogP contribution in [-0.4, -0.2) is 37.3 Å². The van der Waals surface area contributed by atoms with Crippen molar-refractivity contribution in [2.24, 2.45) is 12.5 Å². The number of hydrogen-bond acceptors (Lipinski definition) is 7. The van der Waals surface area contributed by atoms with Crippen molar-refractivity contribution in [2.45, 2.75) is 51.4 Å². The van der Waals surface area contributed by atoms with Gasteiger partial charge >= 0.3 is 6.18 Å². The van der Waals surface area contributed by atoms with E-state index in [1.165, 1.54) is 10.8 Å². The van der Waals surface area contributed by atoms with Crippen molar-refractivity contribution in [1.82, 2.24) is 24.5 Å². The molecule has 0 radical (unpaired) electrons. The second-order valence-corrected chi connectivity index (χ2v) is 12.9. The van der Waals surface area contributed by atoms with Crippen molar-refractivity contribution in [3.63, 3.8) is 0 Å². The number of anilines is 2. The Morgan fingerprint density at radius 2 is 1.91 bits per heavy atom. The van der Waals surface area contributed by atoms with Gasteiger partial charge in [-0.2, -0.15) is 18.4 Å². The lowest BCUT2D eigenvalue weighted by Gasteiger charge is -2.28. The topological polar surface area (TPSA) is 113 Å². The molecule has 1 aliphatic rings. The maximum Gasteiger partial charge on any atom is 0.395 e. The zero-order valence-electron chi connectivity index (χ0n) is 25.0. The van der Waals surface area contributed by atoms with Gasteiger partial charge in [-0.3, -0.25) is 9.78 Å². The third-order valence-electron chi connectivity index (χ3n) is 8.63. The van der Waals surface area contributed by atoms with Gasteiger partial charge in [0.05, 0.1) is 45.0 Å². The molecule has 3 aromatic heterocycles. The lowest BCUT2D eigenvalue weighted by molar-refractivity contribution is -0.206. The second-order valence-electron chi connectivity index (χ2n) is 12.5. The highest BCUT2D eigenvalue weighted by Gasteiger charge is 2.47. The van der Waals surface area contributed by atoms with Crippen LogP contribution in [0.4, 0.5) is 24.5 Å². The van der Waals surface area contributed by atoms with Crippen LogP contribution in [0.25, 0.3) is 21.7 Å². The molecule has 0 amide bonds. The highest BCUT2D eigenvalue weighted by atomic mass is 35.5. The number of nitrogens with zero attached hydrogens (tertiary/aromatic N) is 6. The summed E-state index contributed by atoms with van der Waals surface area (Å²) in [4.78, 5) is 17.3. The summed E-state index contributed by atoms with van der Waals surface area (Å²) in [6.07, 6.45) is 2.37. The maximum absolute atomic E-state index is 13.7. The minimum Gasteiger partial charge on any atom is -0.382 e. The summed E-state index contributed by atoms with van der Waals surface area (Å²) < 4.78 is 44.4. The number of rotatable bonds is 8. The van der Waals surface area contributed by atoms with Crippen LogP contribution in [0.1, 0.15) is 56.5 Å². The predicted octanol–water partition coefficient (Wildman–Crippen LogP) is 6.91. The lowest BCUT2D eigenvalue weighted by atomic mass is 9.92. The molecule has 2 aromatic carbocycles. The van der Waals surface area contributed by atoms with Gasteiger partial charge in [-0.25, -0.2) is 4.68 Å². The summed E-state index contributed by atoms with van der Waals surface area (Å²) in [6, 6.07) is 12.1. The average Bonchev–Trinajstić information content (AvgIpc) is 3.54. The molecule has 0 aliphatic heterocycles. The number of nitrogens with one attached hydrogen (secondary N) is 2. The highest BCUT2D eigenvalue weighted by molar-refractivity contribution is 6.35. The summed E-state index contributed by atoms with van der Waals surface area (Å²) in [6.45, 7) is 3.81. The molecule has 0 unspecified atom stereocenters. The standard InChI is InChI=1S/C32H30ClF3N8O/c1-30(2,32(34,35)36)17-39-26-18(14-37)15-38-27-23(26)12-19(13-24(27)33)40-28(25-16-44(42-41-25)31(3)9-10-31)21-6-5-7-22-20(21)8-11-43(4)29(22)45/h5-8,11-13,15-16,28,40H,9-10,17H2,1-4H3,(H,38,39)/t28-/m0/s1. The van der Waals surface area contributed by atoms with Gasteiger partial charge in [-0.1, -0.05) is 28.9 Å². The van der Waals surface area contributed by atoms with Crippen LogP contribution in [0.3, 0.4) is 0 Å². The number of fused-ring (bicyclic) bond motifs is 2. The van der Waals surface area contributed by atoms with Gasteiger partial charge in [0.2, 0.25) is 0 Å². The van der Waals surface area contributed by atoms with E-state index in [9.17, 15) is 23.2 Å². The fourth-order valence-corrected chi connectivity index (χ4v) is 5.51. The highest BCUT2D eigenvalue weighted by Crippen LogP contribution is 2.43. The van der Waals surface area contributed by atoms with E-state index in [-0.39, 0.29) is 27.4 Å². The normalized spacial score (nSPS) is 15.2. The van der Waals surface area contributed by atoms with Gasteiger partial charge in [-0.15, -0.1) is 5.10 Å². The van der Waals surface area contributed by atoms with E-state index in [2.05, 4.69) is 32.9 Å². The molecule has 0 saturated heterocycles. The number of halogens is 4. The van der Waals surface area contributed by atoms with Crippen LogP contribution in [0.5, 0.6) is 0 Å². The second kappa shape index (κ2) is 10.8. The Bertz CT molecular complexity index is 2060. The van der Waals surface area contributed by atoms with Crippen molar-refractivity contribution in [3.05, 3.63) is 87.2 Å². The molecular formula is C32H30ClF3N8O. The van der Waals surface area contributed by atoms with Crippen molar-refractivity contribution in [2.75, 3.05) is 17.2 Å². The number of nitriles is 1. The lowest BCUT2D eigenvalue weighted by Crippen LogP contribution is -2.38. The minimum absolute atomic E-state index is 0.0794.